The number of carbonyl (C=O) groups excluding carboxylic acids is 1. The van der Waals surface area contributed by atoms with Gasteiger partial charge in [0.25, 0.3) is 0 Å². The first-order valence-electron chi connectivity index (χ1n) is 2.83. The van der Waals surface area contributed by atoms with Crippen LogP contribution in [0.15, 0.2) is 0 Å². The second kappa shape index (κ2) is 118. The van der Waals surface area contributed by atoms with E-state index in [9.17, 15) is 4.79 Å². The van der Waals surface area contributed by atoms with Gasteiger partial charge in [-0.05, 0) is 0 Å². The molecule has 0 aromatic rings. The Bertz CT molecular complexity index is 206. The van der Waals surface area contributed by atoms with Crippen molar-refractivity contribution in [2.45, 2.75) is 6.92 Å². The summed E-state index contributed by atoms with van der Waals surface area (Å²) in [4.78, 5) is 10.1. The number of hydrogen-bond acceptors (Lipinski definition) is 2. The molecule has 0 bridgehead atoms. The van der Waals surface area contributed by atoms with Gasteiger partial charge in [0, 0.05) is 0 Å². The molecule has 0 unspecified atom stereocenters. The number of rotatable bonds is 2. The fourth-order valence-electron chi connectivity index (χ4n) is 0.150. The molecule has 17 heavy (non-hydrogen) atoms. The van der Waals surface area contributed by atoms with Crippen LogP contribution in [0.5, 0.6) is 0 Å². The average Bonchev–Trinajstić information content (AvgIpc) is 2.49. The molecule has 0 N–H and O–H groups in total. The Balaban J connectivity index is -0.0000000257. The van der Waals surface area contributed by atoms with Crippen molar-refractivity contribution >= 4 is 12.5 Å². The first-order valence-corrected chi connectivity index (χ1v) is 5.35. The van der Waals surface area contributed by atoms with E-state index in [0.29, 0.717) is 13.4 Å². The quantitative estimate of drug-likeness (QED) is 0.433. The fourth-order valence-corrected chi connectivity index (χ4v) is 0.579. The molecule has 7 nitrogen and oxygen atoms in total. The first kappa shape index (κ1) is 36.0. The van der Waals surface area contributed by atoms with E-state index in [2.05, 4.69) is 53.4 Å². The summed E-state index contributed by atoms with van der Waals surface area (Å²) in [5.41, 5.74) is -0.206. The van der Waals surface area contributed by atoms with Gasteiger partial charge in [-0.2, -0.15) is 0 Å². The third kappa shape index (κ3) is 158. The second-order valence-electron chi connectivity index (χ2n) is 0.790. The van der Waals surface area contributed by atoms with Crippen molar-refractivity contribution in [1.29, 1.82) is 0 Å². The van der Waals surface area contributed by atoms with Gasteiger partial charge in [0.1, 0.15) is 0 Å². The van der Waals surface area contributed by atoms with Gasteiger partial charge in [0.2, 0.25) is 0 Å². The van der Waals surface area contributed by atoms with Crippen molar-refractivity contribution in [2.75, 3.05) is 6.61 Å². The summed E-state index contributed by atoms with van der Waals surface area (Å²) >= 11 is 2.52. The van der Waals surface area contributed by atoms with Crippen LogP contribution in [0.3, 0.4) is 0 Å². The second-order valence-corrected chi connectivity index (χ2v) is 2.19. The molecule has 0 saturated heterocycles. The summed E-state index contributed by atoms with van der Waals surface area (Å²) in [5, 5.41) is 0. The van der Waals surface area contributed by atoms with Gasteiger partial charge in [-0.15, -0.1) is 0 Å². The predicted octanol–water partition coefficient (Wildman–Crippen LogP) is 1.36. The third-order valence-corrected chi connectivity index (χ3v) is 1.32. The van der Waals surface area contributed by atoms with E-state index in [4.69, 9.17) is 23.3 Å². The normalized spacial score (nSPS) is 4.18. The molecule has 0 aromatic carbocycles. The molecule has 0 aromatic heterocycles. The molecule has 9 heteroatoms. The van der Waals surface area contributed by atoms with E-state index in [1.807, 2.05) is 0 Å². The molecule has 0 saturated carbocycles. The first-order chi connectivity index (χ1) is 8.31. The molecular formula is C8H5CrO7P. The molecule has 0 radical (unpaired) electrons. The monoisotopic (exact) mass is 296 g/mol. The maximum atomic E-state index is 10.1. The van der Waals surface area contributed by atoms with Gasteiger partial charge in [0.05, 0.1) is 0 Å². The van der Waals surface area contributed by atoms with Gasteiger partial charge in [0.15, 0.2) is 0 Å². The molecule has 0 rings (SSSR count). The molecule has 0 spiro atoms. The van der Waals surface area contributed by atoms with Crippen molar-refractivity contribution in [2.24, 2.45) is 0 Å². The minimum atomic E-state index is -0.206. The van der Waals surface area contributed by atoms with Crippen LogP contribution in [-0.2, 0) is 43.4 Å². The molecule has 0 aliphatic heterocycles. The molecule has 0 atom stereocenters. The van der Waals surface area contributed by atoms with E-state index in [-0.39, 0.29) is 5.71 Å². The summed E-state index contributed by atoms with van der Waals surface area (Å²) < 4.78 is 42.0. The topological polar surface area (TPSA) is 126 Å². The van der Waals surface area contributed by atoms with Crippen molar-refractivity contribution < 1.29 is 48.2 Å². The number of ether oxygens (including phenoxy) is 1. The van der Waals surface area contributed by atoms with Crippen molar-refractivity contribution in [3.8, 4) is 0 Å². The predicted molar refractivity (Wildman–Crippen MR) is 43.6 cm³/mol. The molecular weight excluding hydrogens is 291 g/mol. The van der Waals surface area contributed by atoms with Crippen LogP contribution in [0.1, 0.15) is 6.92 Å². The number of carbonyl (C=O) groups is 1. The van der Waals surface area contributed by atoms with Gasteiger partial charge in [-0.1, -0.05) is 0 Å². The van der Waals surface area contributed by atoms with Crippen LogP contribution in [0.25, 0.3) is 0 Å². The van der Waals surface area contributed by atoms with E-state index in [0.717, 1.165) is 0 Å². The molecule has 0 aliphatic carbocycles. The van der Waals surface area contributed by atoms with E-state index >= 15 is 0 Å². The van der Waals surface area contributed by atoms with Gasteiger partial charge in [-0.3, -0.25) is 0 Å². The zero-order chi connectivity index (χ0) is 15.7. The minimum absolute atomic E-state index is 0.206. The Morgan fingerprint density at radius 2 is 1.24 bits per heavy atom. The average molecular weight is 296 g/mol. The standard InChI is InChI=1S/C3H5O2P.5CO.Cr/c1-2-5-3(4)6;5*1-2;/h2H2,1H3;;;;;;. The zero-order valence-electron chi connectivity index (χ0n) is 8.42. The van der Waals surface area contributed by atoms with E-state index < -0.39 is 0 Å². The molecule has 0 amide bonds. The van der Waals surface area contributed by atoms with E-state index in [1.165, 1.54) is 0 Å². The van der Waals surface area contributed by atoms with Gasteiger partial charge < -0.3 is 0 Å². The molecule has 0 fully saturated rings. The Labute approximate surface area is 108 Å². The van der Waals surface area contributed by atoms with Crippen LogP contribution in [0.4, 0.5) is 4.79 Å². The number of hydrogen-bond donors (Lipinski definition) is 0. The van der Waals surface area contributed by atoms with E-state index in [1.54, 1.807) is 6.92 Å². The summed E-state index contributed by atoms with van der Waals surface area (Å²) in [7, 11) is 0. The van der Waals surface area contributed by atoms with Gasteiger partial charge >= 0.3 is 107 Å². The zero-order valence-corrected chi connectivity index (χ0v) is 10.6. The van der Waals surface area contributed by atoms with Crippen molar-refractivity contribution in [3.05, 3.63) is 33.3 Å². The van der Waals surface area contributed by atoms with Crippen LogP contribution in [0, 0.1) is 33.3 Å². The molecule has 90 valence electrons. The summed E-state index contributed by atoms with van der Waals surface area (Å²) in [6.07, 6.45) is 0. The molecule has 0 aliphatic rings. The van der Waals surface area contributed by atoms with Crippen molar-refractivity contribution in [3.63, 3.8) is 0 Å². The molecule has 0 heterocycles. The summed E-state index contributed by atoms with van der Waals surface area (Å²) in [6.45, 7) is 25.3. The van der Waals surface area contributed by atoms with Gasteiger partial charge in [-0.25, -0.2) is 0 Å². The Morgan fingerprint density at radius 1 is 1.00 bits per heavy atom. The maximum absolute atomic E-state index is 10.1. The fraction of sp³-hybridized carbons (Fsp3) is 0.250. The Hall–Kier alpha value is -0.998. The summed E-state index contributed by atoms with van der Waals surface area (Å²) in [5.74, 6) is 0. The SMILES string of the molecule is CCOC(=O)[P]=[Cr].[C-]#[O+].[C-]#[O+].[C-]#[O+].[C-]#[O+].[C-]#[O+]. The van der Waals surface area contributed by atoms with Crippen molar-refractivity contribution in [1.82, 2.24) is 0 Å². The van der Waals surface area contributed by atoms with Crippen LogP contribution in [-0.4, -0.2) is 12.3 Å². The Morgan fingerprint density at radius 3 is 1.29 bits per heavy atom. The van der Waals surface area contributed by atoms with Crippen LogP contribution >= 0.6 is 6.78 Å². The van der Waals surface area contributed by atoms with Crippen LogP contribution < -0.4 is 0 Å². The van der Waals surface area contributed by atoms with Crippen LogP contribution in [0.2, 0.25) is 0 Å². The third-order valence-electron chi connectivity index (χ3n) is 0.342. The Kier molecular flexibility index (Phi) is 249. The summed E-state index contributed by atoms with van der Waals surface area (Å²) in [6, 6.07) is 0.